The summed E-state index contributed by atoms with van der Waals surface area (Å²) in [6.45, 7) is 0.924. The summed E-state index contributed by atoms with van der Waals surface area (Å²) in [5, 5.41) is 5.06. The normalized spacial score (nSPS) is 11.7. The third kappa shape index (κ3) is 6.51. The van der Waals surface area contributed by atoms with Crippen LogP contribution in [0.3, 0.4) is 0 Å². The molecule has 1 aromatic heterocycles. The Morgan fingerprint density at radius 2 is 2.00 bits per heavy atom. The standard InChI is InChI=1S/C17H22FN3O2S2.HI/c1-19-17(21(2)11-9-14-6-5-12-24-14)20-10-13-25(22,23)16-8-4-3-7-15(16)18;/h3-8,12H,9-11,13H2,1-2H3,(H,19,20);1H. The largest absolute Gasteiger partial charge is 0.355 e. The smallest absolute Gasteiger partial charge is 0.193 e. The summed E-state index contributed by atoms with van der Waals surface area (Å²) in [7, 11) is -0.132. The van der Waals surface area contributed by atoms with E-state index in [1.54, 1.807) is 18.4 Å². The predicted molar refractivity (Wildman–Crippen MR) is 116 cm³/mol. The minimum absolute atomic E-state index is 0. The molecule has 0 bridgehead atoms. The summed E-state index contributed by atoms with van der Waals surface area (Å²) in [6, 6.07) is 9.51. The predicted octanol–water partition coefficient (Wildman–Crippen LogP) is 3.03. The number of sulfone groups is 1. The number of likely N-dealkylation sites (N-methyl/N-ethyl adjacent to an activating group) is 1. The Kier molecular flexibility index (Phi) is 9.51. The quantitative estimate of drug-likeness (QED) is 0.353. The number of aliphatic imine (C=N–C) groups is 1. The van der Waals surface area contributed by atoms with Crippen molar-refractivity contribution >= 4 is 51.1 Å². The highest BCUT2D eigenvalue weighted by atomic mass is 127. The van der Waals surface area contributed by atoms with Crippen LogP contribution in [-0.4, -0.2) is 52.2 Å². The maximum atomic E-state index is 13.7. The summed E-state index contributed by atoms with van der Waals surface area (Å²) in [6.07, 6.45) is 0.891. The number of nitrogens with one attached hydrogen (secondary N) is 1. The van der Waals surface area contributed by atoms with Crippen LogP contribution in [0.4, 0.5) is 4.39 Å². The number of halogens is 2. The van der Waals surface area contributed by atoms with Crippen LogP contribution in [-0.2, 0) is 16.3 Å². The highest BCUT2D eigenvalue weighted by molar-refractivity contribution is 14.0. The Hall–Kier alpha value is -1.20. The zero-order valence-corrected chi connectivity index (χ0v) is 18.6. The van der Waals surface area contributed by atoms with Crippen LogP contribution >= 0.6 is 35.3 Å². The summed E-state index contributed by atoms with van der Waals surface area (Å²) in [5.74, 6) is -0.314. The molecule has 1 N–H and O–H groups in total. The fourth-order valence-electron chi connectivity index (χ4n) is 2.33. The molecule has 0 saturated heterocycles. The lowest BCUT2D eigenvalue weighted by Crippen LogP contribution is -2.41. The van der Waals surface area contributed by atoms with Gasteiger partial charge in [0.15, 0.2) is 15.8 Å². The van der Waals surface area contributed by atoms with Crippen LogP contribution in [0.25, 0.3) is 0 Å². The molecule has 9 heteroatoms. The Bertz CT molecular complexity index is 811. The van der Waals surface area contributed by atoms with Crippen molar-refractivity contribution in [3.8, 4) is 0 Å². The molecule has 0 aliphatic carbocycles. The molecule has 0 spiro atoms. The van der Waals surface area contributed by atoms with Crippen molar-refractivity contribution in [3.63, 3.8) is 0 Å². The van der Waals surface area contributed by atoms with Crippen molar-refractivity contribution in [1.82, 2.24) is 10.2 Å². The number of nitrogens with zero attached hydrogens (tertiary/aromatic N) is 2. The van der Waals surface area contributed by atoms with E-state index in [0.29, 0.717) is 5.96 Å². The molecular weight excluding hydrogens is 488 g/mol. The van der Waals surface area contributed by atoms with Gasteiger partial charge in [-0.15, -0.1) is 35.3 Å². The van der Waals surface area contributed by atoms with Crippen LogP contribution in [0.1, 0.15) is 4.88 Å². The minimum Gasteiger partial charge on any atom is -0.355 e. The number of hydrogen-bond donors (Lipinski definition) is 1. The lowest BCUT2D eigenvalue weighted by Gasteiger charge is -2.21. The second kappa shape index (κ2) is 10.8. The zero-order valence-electron chi connectivity index (χ0n) is 14.7. The molecule has 0 fully saturated rings. The van der Waals surface area contributed by atoms with Gasteiger partial charge in [-0.1, -0.05) is 18.2 Å². The van der Waals surface area contributed by atoms with E-state index in [4.69, 9.17) is 0 Å². The highest BCUT2D eigenvalue weighted by Crippen LogP contribution is 2.14. The van der Waals surface area contributed by atoms with Crippen LogP contribution < -0.4 is 5.32 Å². The van der Waals surface area contributed by atoms with E-state index in [9.17, 15) is 12.8 Å². The van der Waals surface area contributed by atoms with Gasteiger partial charge >= 0.3 is 0 Å². The Balaban J connectivity index is 0.00000338. The molecule has 0 aliphatic heterocycles. The van der Waals surface area contributed by atoms with E-state index < -0.39 is 15.7 Å². The second-order valence-electron chi connectivity index (χ2n) is 5.47. The molecule has 1 aromatic carbocycles. The summed E-state index contributed by atoms with van der Waals surface area (Å²) in [5.41, 5.74) is 0. The van der Waals surface area contributed by atoms with Crippen LogP contribution in [0.15, 0.2) is 51.7 Å². The Morgan fingerprint density at radius 3 is 2.62 bits per heavy atom. The van der Waals surface area contributed by atoms with Crippen molar-refractivity contribution in [2.45, 2.75) is 11.3 Å². The first-order valence-electron chi connectivity index (χ1n) is 7.85. The van der Waals surface area contributed by atoms with Gasteiger partial charge in [-0.25, -0.2) is 12.8 Å². The van der Waals surface area contributed by atoms with E-state index in [2.05, 4.69) is 16.4 Å². The molecule has 1 heterocycles. The average molecular weight is 511 g/mol. The monoisotopic (exact) mass is 511 g/mol. The van der Waals surface area contributed by atoms with Crippen molar-refractivity contribution in [2.75, 3.05) is 32.9 Å². The fourth-order valence-corrected chi connectivity index (χ4v) is 4.27. The topological polar surface area (TPSA) is 61.8 Å². The molecule has 2 rings (SSSR count). The van der Waals surface area contributed by atoms with Gasteiger partial charge in [0.2, 0.25) is 0 Å². The number of benzene rings is 1. The number of rotatable bonds is 7. The van der Waals surface area contributed by atoms with E-state index in [1.807, 2.05) is 23.4 Å². The molecule has 0 unspecified atom stereocenters. The van der Waals surface area contributed by atoms with Gasteiger partial charge in [0.25, 0.3) is 0 Å². The van der Waals surface area contributed by atoms with Crippen molar-refractivity contribution in [2.24, 2.45) is 4.99 Å². The van der Waals surface area contributed by atoms with Gasteiger partial charge in [-0.3, -0.25) is 4.99 Å². The number of guanidine groups is 1. The zero-order chi connectivity index (χ0) is 18.3. The maximum Gasteiger partial charge on any atom is 0.193 e. The molecule has 0 aliphatic rings. The first kappa shape index (κ1) is 22.8. The molecule has 0 saturated carbocycles. The third-order valence-corrected chi connectivity index (χ3v) is 6.35. The van der Waals surface area contributed by atoms with Crippen molar-refractivity contribution in [1.29, 1.82) is 0 Å². The summed E-state index contributed by atoms with van der Waals surface area (Å²) in [4.78, 5) is 7.12. The number of hydrogen-bond acceptors (Lipinski definition) is 4. The first-order chi connectivity index (χ1) is 11.9. The van der Waals surface area contributed by atoms with Gasteiger partial charge in [0.1, 0.15) is 10.7 Å². The van der Waals surface area contributed by atoms with E-state index >= 15 is 0 Å². The first-order valence-corrected chi connectivity index (χ1v) is 10.4. The Labute approximate surface area is 175 Å². The van der Waals surface area contributed by atoms with Gasteiger partial charge in [0.05, 0.1) is 5.75 Å². The average Bonchev–Trinajstić information content (AvgIpc) is 3.10. The molecule has 144 valence electrons. The van der Waals surface area contributed by atoms with Gasteiger partial charge < -0.3 is 10.2 Å². The number of thiophene rings is 1. The highest BCUT2D eigenvalue weighted by Gasteiger charge is 2.18. The maximum absolute atomic E-state index is 13.7. The second-order valence-corrected chi connectivity index (χ2v) is 8.58. The molecule has 0 radical (unpaired) electrons. The molecule has 5 nitrogen and oxygen atoms in total. The fraction of sp³-hybridized carbons (Fsp3) is 0.353. The molecule has 2 aromatic rings. The summed E-state index contributed by atoms with van der Waals surface area (Å²) >= 11 is 1.70. The van der Waals surface area contributed by atoms with Crippen molar-refractivity contribution < 1.29 is 12.8 Å². The van der Waals surface area contributed by atoms with Crippen LogP contribution in [0.5, 0.6) is 0 Å². The van der Waals surface area contributed by atoms with E-state index in [1.165, 1.54) is 23.1 Å². The third-order valence-electron chi connectivity index (χ3n) is 3.67. The van der Waals surface area contributed by atoms with Crippen LogP contribution in [0, 0.1) is 5.82 Å². The molecular formula is C17H23FIN3O2S2. The lowest BCUT2D eigenvalue weighted by atomic mass is 10.3. The van der Waals surface area contributed by atoms with E-state index in [0.717, 1.165) is 19.0 Å². The van der Waals surface area contributed by atoms with Crippen LogP contribution in [0.2, 0.25) is 0 Å². The van der Waals surface area contributed by atoms with Gasteiger partial charge in [-0.2, -0.15) is 0 Å². The Morgan fingerprint density at radius 1 is 1.27 bits per heavy atom. The minimum atomic E-state index is -3.68. The molecule has 0 atom stereocenters. The molecule has 26 heavy (non-hydrogen) atoms. The molecule has 0 amide bonds. The van der Waals surface area contributed by atoms with E-state index in [-0.39, 0.29) is 41.2 Å². The van der Waals surface area contributed by atoms with Crippen molar-refractivity contribution in [3.05, 3.63) is 52.5 Å². The van der Waals surface area contributed by atoms with Gasteiger partial charge in [-0.05, 0) is 30.0 Å². The van der Waals surface area contributed by atoms with Gasteiger partial charge in [0, 0.05) is 32.1 Å². The SMILES string of the molecule is CN=C(NCCS(=O)(=O)c1ccccc1F)N(C)CCc1cccs1.I. The summed E-state index contributed by atoms with van der Waals surface area (Å²) < 4.78 is 38.2. The lowest BCUT2D eigenvalue weighted by molar-refractivity contribution is 0.488.